The van der Waals surface area contributed by atoms with Crippen LogP contribution in [0.2, 0.25) is 0 Å². The quantitative estimate of drug-likeness (QED) is 0.816. The molecule has 1 saturated carbocycles. The van der Waals surface area contributed by atoms with Crippen LogP contribution < -0.4 is 5.73 Å². The van der Waals surface area contributed by atoms with Crippen LogP contribution in [0.1, 0.15) is 66.2 Å². The first-order chi connectivity index (χ1) is 8.43. The summed E-state index contributed by atoms with van der Waals surface area (Å²) < 4.78 is 0. The number of hydrogen-bond donors (Lipinski definition) is 1. The summed E-state index contributed by atoms with van der Waals surface area (Å²) in [5.41, 5.74) is 6.88. The van der Waals surface area contributed by atoms with Crippen molar-refractivity contribution in [3.8, 4) is 0 Å². The Hall–Kier alpha value is -0.0800. The van der Waals surface area contributed by atoms with Gasteiger partial charge in [0.25, 0.3) is 0 Å². The SMILES string of the molecule is CCC1CCCN1C1CC(C(C)(C)C)CCC1N. The normalized spacial score (nSPS) is 39.2. The maximum Gasteiger partial charge on any atom is 0.0252 e. The summed E-state index contributed by atoms with van der Waals surface area (Å²) in [6.45, 7) is 10.8. The first-order valence-corrected chi connectivity index (χ1v) is 7.94. The highest BCUT2D eigenvalue weighted by Gasteiger charge is 2.40. The molecule has 2 N–H and O–H groups in total. The van der Waals surface area contributed by atoms with Crippen LogP contribution in [-0.2, 0) is 0 Å². The molecule has 2 aliphatic rings. The Kier molecular flexibility index (Phi) is 4.38. The van der Waals surface area contributed by atoms with Crippen LogP contribution in [0.4, 0.5) is 0 Å². The van der Waals surface area contributed by atoms with Crippen molar-refractivity contribution < 1.29 is 0 Å². The number of nitrogens with zero attached hydrogens (tertiary/aromatic N) is 1. The van der Waals surface area contributed by atoms with Crippen LogP contribution in [0.3, 0.4) is 0 Å². The molecule has 0 radical (unpaired) electrons. The molecule has 4 unspecified atom stereocenters. The maximum absolute atomic E-state index is 6.44. The van der Waals surface area contributed by atoms with Gasteiger partial charge in [-0.15, -0.1) is 0 Å². The largest absolute Gasteiger partial charge is 0.326 e. The molecule has 0 aromatic heterocycles. The van der Waals surface area contributed by atoms with Crippen molar-refractivity contribution in [3.05, 3.63) is 0 Å². The highest BCUT2D eigenvalue weighted by atomic mass is 15.2. The molecule has 0 aromatic carbocycles. The summed E-state index contributed by atoms with van der Waals surface area (Å²) >= 11 is 0. The van der Waals surface area contributed by atoms with Gasteiger partial charge < -0.3 is 5.73 Å². The second-order valence-corrected chi connectivity index (χ2v) is 7.55. The molecule has 0 spiro atoms. The Bertz CT molecular complexity index is 269. The molecule has 18 heavy (non-hydrogen) atoms. The van der Waals surface area contributed by atoms with Crippen LogP contribution in [0.15, 0.2) is 0 Å². The fourth-order valence-electron chi connectivity index (χ4n) is 4.07. The van der Waals surface area contributed by atoms with E-state index in [1.54, 1.807) is 0 Å². The number of rotatable bonds is 2. The molecule has 2 nitrogen and oxygen atoms in total. The molecule has 4 atom stereocenters. The first kappa shape index (κ1) is 14.3. The lowest BCUT2D eigenvalue weighted by Gasteiger charge is -2.45. The predicted octanol–water partition coefficient (Wildman–Crippen LogP) is 3.40. The van der Waals surface area contributed by atoms with Crippen LogP contribution in [0.25, 0.3) is 0 Å². The van der Waals surface area contributed by atoms with E-state index in [0.717, 1.165) is 12.0 Å². The molecule has 2 fully saturated rings. The Morgan fingerprint density at radius 1 is 1.17 bits per heavy atom. The zero-order chi connectivity index (χ0) is 13.3. The van der Waals surface area contributed by atoms with E-state index < -0.39 is 0 Å². The van der Waals surface area contributed by atoms with Crippen molar-refractivity contribution in [1.82, 2.24) is 4.90 Å². The first-order valence-electron chi connectivity index (χ1n) is 7.94. The second kappa shape index (κ2) is 5.50. The van der Waals surface area contributed by atoms with Gasteiger partial charge in [-0.1, -0.05) is 27.7 Å². The van der Waals surface area contributed by atoms with Crippen LogP contribution in [0.5, 0.6) is 0 Å². The van der Waals surface area contributed by atoms with Crippen molar-refractivity contribution in [2.45, 2.75) is 84.3 Å². The molecule has 1 saturated heterocycles. The average molecular weight is 252 g/mol. The van der Waals surface area contributed by atoms with Gasteiger partial charge in [-0.3, -0.25) is 4.90 Å². The molecule has 1 heterocycles. The summed E-state index contributed by atoms with van der Waals surface area (Å²) in [7, 11) is 0. The zero-order valence-corrected chi connectivity index (χ0v) is 12.8. The van der Waals surface area contributed by atoms with Gasteiger partial charge in [0, 0.05) is 18.1 Å². The van der Waals surface area contributed by atoms with Crippen molar-refractivity contribution in [2.75, 3.05) is 6.54 Å². The van der Waals surface area contributed by atoms with E-state index in [1.165, 1.54) is 45.1 Å². The average Bonchev–Trinajstić information content (AvgIpc) is 2.76. The van der Waals surface area contributed by atoms with Crippen molar-refractivity contribution in [3.63, 3.8) is 0 Å². The minimum atomic E-state index is 0.413. The van der Waals surface area contributed by atoms with Crippen molar-refractivity contribution in [1.29, 1.82) is 0 Å². The smallest absolute Gasteiger partial charge is 0.0252 e. The van der Waals surface area contributed by atoms with E-state index >= 15 is 0 Å². The van der Waals surface area contributed by atoms with E-state index in [4.69, 9.17) is 5.73 Å². The summed E-state index contributed by atoms with van der Waals surface area (Å²) in [4.78, 5) is 2.75. The lowest BCUT2D eigenvalue weighted by molar-refractivity contribution is 0.0608. The number of likely N-dealkylation sites (tertiary alicyclic amines) is 1. The summed E-state index contributed by atoms with van der Waals surface area (Å²) in [5.74, 6) is 0.848. The fourth-order valence-corrected chi connectivity index (χ4v) is 4.07. The van der Waals surface area contributed by atoms with Crippen molar-refractivity contribution in [2.24, 2.45) is 17.1 Å². The second-order valence-electron chi connectivity index (χ2n) is 7.55. The lowest BCUT2D eigenvalue weighted by atomic mass is 9.69. The third kappa shape index (κ3) is 2.91. The van der Waals surface area contributed by atoms with E-state index in [-0.39, 0.29) is 0 Å². The van der Waals surface area contributed by atoms with Gasteiger partial charge in [0.15, 0.2) is 0 Å². The van der Waals surface area contributed by atoms with E-state index in [9.17, 15) is 0 Å². The third-order valence-corrected chi connectivity index (χ3v) is 5.41. The van der Waals surface area contributed by atoms with E-state index in [2.05, 4.69) is 32.6 Å². The molecule has 106 valence electrons. The molecule has 1 aliphatic heterocycles. The van der Waals surface area contributed by atoms with Gasteiger partial charge in [-0.25, -0.2) is 0 Å². The molecular weight excluding hydrogens is 220 g/mol. The highest BCUT2D eigenvalue weighted by molar-refractivity contribution is 4.96. The number of hydrogen-bond acceptors (Lipinski definition) is 2. The third-order valence-electron chi connectivity index (χ3n) is 5.41. The van der Waals surface area contributed by atoms with E-state index in [1.807, 2.05) is 0 Å². The zero-order valence-electron chi connectivity index (χ0n) is 12.8. The Balaban J connectivity index is 2.05. The van der Waals surface area contributed by atoms with Gasteiger partial charge in [0.2, 0.25) is 0 Å². The van der Waals surface area contributed by atoms with Gasteiger partial charge >= 0.3 is 0 Å². The molecule has 0 amide bonds. The van der Waals surface area contributed by atoms with Gasteiger partial charge in [-0.05, 0) is 56.4 Å². The molecular formula is C16H32N2. The highest BCUT2D eigenvalue weighted by Crippen LogP contribution is 2.40. The lowest BCUT2D eigenvalue weighted by Crippen LogP contribution is -2.53. The monoisotopic (exact) mass is 252 g/mol. The molecule has 2 heteroatoms. The molecule has 1 aliphatic carbocycles. The summed E-state index contributed by atoms with van der Waals surface area (Å²) in [5, 5.41) is 0. The Morgan fingerprint density at radius 3 is 2.50 bits per heavy atom. The fraction of sp³-hybridized carbons (Fsp3) is 1.00. The van der Waals surface area contributed by atoms with Crippen LogP contribution in [0, 0.1) is 11.3 Å². The van der Waals surface area contributed by atoms with Gasteiger partial charge in [0.1, 0.15) is 0 Å². The molecule has 0 bridgehead atoms. The molecule has 2 rings (SSSR count). The standard InChI is InChI=1S/C16H32N2/c1-5-13-7-6-10-18(13)15-11-12(16(2,3)4)8-9-14(15)17/h12-15H,5-11,17H2,1-4H3. The molecule has 0 aromatic rings. The van der Waals surface area contributed by atoms with Gasteiger partial charge in [0.05, 0.1) is 0 Å². The summed E-state index contributed by atoms with van der Waals surface area (Å²) in [6, 6.07) is 1.87. The summed E-state index contributed by atoms with van der Waals surface area (Å²) in [6.07, 6.45) is 7.93. The van der Waals surface area contributed by atoms with Gasteiger partial charge in [-0.2, -0.15) is 0 Å². The van der Waals surface area contributed by atoms with E-state index in [0.29, 0.717) is 17.5 Å². The minimum Gasteiger partial charge on any atom is -0.326 e. The predicted molar refractivity (Wildman–Crippen MR) is 78.6 cm³/mol. The Labute approximate surface area is 113 Å². The maximum atomic E-state index is 6.44. The number of nitrogens with two attached hydrogens (primary N) is 1. The Morgan fingerprint density at radius 2 is 1.89 bits per heavy atom. The topological polar surface area (TPSA) is 29.3 Å². The van der Waals surface area contributed by atoms with Crippen molar-refractivity contribution >= 4 is 0 Å². The minimum absolute atomic E-state index is 0.413. The van der Waals surface area contributed by atoms with Crippen LogP contribution in [-0.4, -0.2) is 29.6 Å². The van der Waals surface area contributed by atoms with Crippen LogP contribution >= 0.6 is 0 Å².